The van der Waals surface area contributed by atoms with Gasteiger partial charge < -0.3 is 4.43 Å². The van der Waals surface area contributed by atoms with Crippen molar-refractivity contribution in [1.29, 1.82) is 0 Å². The number of benzene rings is 2. The molecule has 2 aromatic rings. The Labute approximate surface area is 129 Å². The van der Waals surface area contributed by atoms with E-state index < -0.39 is 9.04 Å². The first-order valence-corrected chi connectivity index (χ1v) is 9.75. The van der Waals surface area contributed by atoms with Crippen LogP contribution in [0.5, 0.6) is 0 Å². The lowest BCUT2D eigenvalue weighted by atomic mass is 9.99. The van der Waals surface area contributed by atoms with Gasteiger partial charge in [-0.2, -0.15) is 0 Å². The Morgan fingerprint density at radius 3 is 2.38 bits per heavy atom. The SMILES string of the molecule is C=CC[SiH](CC=C)OC(CC)c1cccc2ccccc12. The molecule has 0 aliphatic rings. The van der Waals surface area contributed by atoms with Crippen LogP contribution in [0.2, 0.25) is 12.1 Å². The highest BCUT2D eigenvalue weighted by molar-refractivity contribution is 6.53. The molecular weight excluding hydrogens is 272 g/mol. The van der Waals surface area contributed by atoms with Gasteiger partial charge in [-0.15, -0.1) is 13.2 Å². The summed E-state index contributed by atoms with van der Waals surface area (Å²) < 4.78 is 6.47. The van der Waals surface area contributed by atoms with Crippen LogP contribution in [0.3, 0.4) is 0 Å². The Bertz CT molecular complexity index is 590. The maximum absolute atomic E-state index is 6.47. The van der Waals surface area contributed by atoms with Gasteiger partial charge in [-0.3, -0.25) is 0 Å². The van der Waals surface area contributed by atoms with Crippen LogP contribution in [0.25, 0.3) is 10.8 Å². The predicted molar refractivity (Wildman–Crippen MR) is 95.2 cm³/mol. The van der Waals surface area contributed by atoms with Gasteiger partial charge in [0.1, 0.15) is 0 Å². The summed E-state index contributed by atoms with van der Waals surface area (Å²) in [6.45, 7) is 9.91. The zero-order chi connectivity index (χ0) is 15.1. The van der Waals surface area contributed by atoms with Crippen LogP contribution >= 0.6 is 0 Å². The molecule has 0 aliphatic carbocycles. The lowest BCUT2D eigenvalue weighted by molar-refractivity contribution is 0.203. The highest BCUT2D eigenvalue weighted by Crippen LogP contribution is 2.30. The zero-order valence-electron chi connectivity index (χ0n) is 12.8. The molecule has 0 N–H and O–H groups in total. The third kappa shape index (κ3) is 3.93. The van der Waals surface area contributed by atoms with Crippen molar-refractivity contribution in [2.75, 3.05) is 0 Å². The Morgan fingerprint density at radius 2 is 1.71 bits per heavy atom. The minimum Gasteiger partial charge on any atom is -0.413 e. The Balaban J connectivity index is 2.30. The standard InChI is InChI=1S/C19H24OSi/c1-4-14-21(15-5-2)20-19(6-3)18-13-9-11-16-10-7-8-12-17(16)18/h4-5,7-13,19,21H,1-2,6,14-15H2,3H3. The molecule has 0 radical (unpaired) electrons. The largest absolute Gasteiger partial charge is 0.413 e. The van der Waals surface area contributed by atoms with Gasteiger partial charge >= 0.3 is 0 Å². The molecule has 21 heavy (non-hydrogen) atoms. The first kappa shape index (κ1) is 15.7. The summed E-state index contributed by atoms with van der Waals surface area (Å²) in [6.07, 6.45) is 5.13. The Kier molecular flexibility index (Phi) is 5.97. The maximum Gasteiger partial charge on any atom is 0.185 e. The predicted octanol–water partition coefficient (Wildman–Crippen LogP) is 5.40. The van der Waals surface area contributed by atoms with Gasteiger partial charge in [0.15, 0.2) is 9.04 Å². The van der Waals surface area contributed by atoms with Gasteiger partial charge in [0.05, 0.1) is 6.10 Å². The second-order valence-corrected chi connectivity index (χ2v) is 7.73. The van der Waals surface area contributed by atoms with Crippen molar-refractivity contribution >= 4 is 19.8 Å². The van der Waals surface area contributed by atoms with Gasteiger partial charge in [0.2, 0.25) is 0 Å². The molecular formula is C19H24OSi. The molecule has 0 aliphatic heterocycles. The zero-order valence-corrected chi connectivity index (χ0v) is 13.9. The number of allylic oxidation sites excluding steroid dienone is 2. The maximum atomic E-state index is 6.47. The van der Waals surface area contributed by atoms with Gasteiger partial charge in [0, 0.05) is 0 Å². The minimum absolute atomic E-state index is 0.174. The molecule has 0 spiro atoms. The van der Waals surface area contributed by atoms with E-state index in [0.717, 1.165) is 18.5 Å². The quantitative estimate of drug-likeness (QED) is 0.468. The van der Waals surface area contributed by atoms with Crippen molar-refractivity contribution in [3.63, 3.8) is 0 Å². The molecule has 0 heterocycles. The molecule has 2 aromatic carbocycles. The fourth-order valence-electron chi connectivity index (χ4n) is 2.73. The minimum atomic E-state index is -1.30. The van der Waals surface area contributed by atoms with Crippen molar-refractivity contribution in [2.45, 2.75) is 31.5 Å². The van der Waals surface area contributed by atoms with E-state index in [1.807, 2.05) is 12.2 Å². The summed E-state index contributed by atoms with van der Waals surface area (Å²) >= 11 is 0. The van der Waals surface area contributed by atoms with E-state index in [-0.39, 0.29) is 6.10 Å². The summed E-state index contributed by atoms with van der Waals surface area (Å²) in [5, 5.41) is 2.58. The number of fused-ring (bicyclic) bond motifs is 1. The third-order valence-electron chi connectivity index (χ3n) is 3.76. The molecule has 0 saturated heterocycles. The van der Waals surface area contributed by atoms with Crippen molar-refractivity contribution < 1.29 is 4.43 Å². The number of hydrogen-bond donors (Lipinski definition) is 0. The molecule has 1 nitrogen and oxygen atoms in total. The van der Waals surface area contributed by atoms with Crippen LogP contribution in [-0.4, -0.2) is 9.04 Å². The third-order valence-corrected chi connectivity index (χ3v) is 6.19. The van der Waals surface area contributed by atoms with Crippen molar-refractivity contribution in [3.8, 4) is 0 Å². The summed E-state index contributed by atoms with van der Waals surface area (Å²) in [7, 11) is -1.30. The van der Waals surface area contributed by atoms with Gasteiger partial charge in [-0.05, 0) is 34.8 Å². The molecule has 0 aromatic heterocycles. The molecule has 1 unspecified atom stereocenters. The Morgan fingerprint density at radius 1 is 1.05 bits per heavy atom. The molecule has 2 heteroatoms. The van der Waals surface area contributed by atoms with Crippen LogP contribution in [0, 0.1) is 0 Å². The van der Waals surface area contributed by atoms with Crippen LogP contribution in [0.15, 0.2) is 67.8 Å². The van der Waals surface area contributed by atoms with Crippen LogP contribution in [-0.2, 0) is 4.43 Å². The summed E-state index contributed by atoms with van der Waals surface area (Å²) in [5.74, 6) is 0. The average molecular weight is 296 g/mol. The normalized spacial score (nSPS) is 12.5. The van der Waals surface area contributed by atoms with E-state index in [9.17, 15) is 0 Å². The smallest absolute Gasteiger partial charge is 0.185 e. The van der Waals surface area contributed by atoms with Crippen molar-refractivity contribution in [2.24, 2.45) is 0 Å². The summed E-state index contributed by atoms with van der Waals surface area (Å²) in [6, 6.07) is 17.0. The highest BCUT2D eigenvalue weighted by Gasteiger charge is 2.18. The second kappa shape index (κ2) is 7.96. The lowest BCUT2D eigenvalue weighted by Gasteiger charge is -2.23. The van der Waals surface area contributed by atoms with Crippen LogP contribution in [0.4, 0.5) is 0 Å². The van der Waals surface area contributed by atoms with Crippen LogP contribution in [0.1, 0.15) is 25.0 Å². The highest BCUT2D eigenvalue weighted by atomic mass is 28.3. The molecule has 0 amide bonds. The molecule has 110 valence electrons. The van der Waals surface area contributed by atoms with Gasteiger partial charge in [-0.1, -0.05) is 61.5 Å². The van der Waals surface area contributed by atoms with E-state index in [0.29, 0.717) is 0 Å². The van der Waals surface area contributed by atoms with E-state index in [1.54, 1.807) is 0 Å². The second-order valence-electron chi connectivity index (χ2n) is 5.27. The lowest BCUT2D eigenvalue weighted by Crippen LogP contribution is -2.19. The molecule has 0 bridgehead atoms. The first-order chi connectivity index (χ1) is 10.3. The monoisotopic (exact) mass is 296 g/mol. The number of rotatable bonds is 8. The molecule has 0 saturated carbocycles. The van der Waals surface area contributed by atoms with E-state index >= 15 is 0 Å². The average Bonchev–Trinajstić information content (AvgIpc) is 2.52. The molecule has 0 fully saturated rings. The van der Waals surface area contributed by atoms with E-state index in [1.165, 1.54) is 16.3 Å². The Hall–Kier alpha value is -1.64. The first-order valence-electron chi connectivity index (χ1n) is 7.65. The van der Waals surface area contributed by atoms with Gasteiger partial charge in [0.25, 0.3) is 0 Å². The molecule has 2 rings (SSSR count). The van der Waals surface area contributed by atoms with E-state index in [2.05, 4.69) is 62.5 Å². The number of hydrogen-bond acceptors (Lipinski definition) is 1. The van der Waals surface area contributed by atoms with Gasteiger partial charge in [-0.25, -0.2) is 0 Å². The topological polar surface area (TPSA) is 9.23 Å². The summed E-state index contributed by atoms with van der Waals surface area (Å²) in [4.78, 5) is 0. The van der Waals surface area contributed by atoms with E-state index in [4.69, 9.17) is 4.43 Å². The molecule has 1 atom stereocenters. The fourth-order valence-corrected chi connectivity index (χ4v) is 4.69. The van der Waals surface area contributed by atoms with Crippen molar-refractivity contribution in [3.05, 3.63) is 73.3 Å². The summed E-state index contributed by atoms with van der Waals surface area (Å²) in [5.41, 5.74) is 1.31. The van der Waals surface area contributed by atoms with Crippen LogP contribution < -0.4 is 0 Å². The van der Waals surface area contributed by atoms with Crippen molar-refractivity contribution in [1.82, 2.24) is 0 Å². The fraction of sp³-hybridized carbons (Fsp3) is 0.263.